The van der Waals surface area contributed by atoms with Crippen molar-refractivity contribution < 1.29 is 4.79 Å². The van der Waals surface area contributed by atoms with Crippen molar-refractivity contribution in [2.24, 2.45) is 0 Å². The molecule has 17 heavy (non-hydrogen) atoms. The molecule has 1 rings (SSSR count). The van der Waals surface area contributed by atoms with Crippen LogP contribution in [0, 0.1) is 20.8 Å². The van der Waals surface area contributed by atoms with E-state index in [-0.39, 0.29) is 5.91 Å². The van der Waals surface area contributed by atoms with E-state index in [2.05, 4.69) is 28.2 Å². The van der Waals surface area contributed by atoms with Crippen molar-refractivity contribution in [1.29, 1.82) is 0 Å². The van der Waals surface area contributed by atoms with Gasteiger partial charge in [-0.25, -0.2) is 0 Å². The zero-order chi connectivity index (χ0) is 13.0. The number of carbonyl (C=O) groups excluding carboxylic acids is 1. The number of nitrogens with one attached hydrogen (secondary N) is 1. The van der Waals surface area contributed by atoms with Crippen LogP contribution in [0.15, 0.2) is 12.1 Å². The first kappa shape index (κ1) is 14.2. The van der Waals surface area contributed by atoms with Gasteiger partial charge in [0.1, 0.15) is 0 Å². The Labute approximate surface area is 112 Å². The Morgan fingerprint density at radius 3 is 2.29 bits per heavy atom. The quantitative estimate of drug-likeness (QED) is 0.847. The lowest BCUT2D eigenvalue weighted by Gasteiger charge is -2.13. The van der Waals surface area contributed by atoms with Gasteiger partial charge in [-0.15, -0.1) is 0 Å². The number of rotatable bonds is 4. The van der Waals surface area contributed by atoms with Crippen molar-refractivity contribution in [3.63, 3.8) is 0 Å². The summed E-state index contributed by atoms with van der Waals surface area (Å²) >= 11 is 3.51. The molecule has 1 atom stereocenters. The summed E-state index contributed by atoms with van der Waals surface area (Å²) in [5, 5.41) is 2.96. The summed E-state index contributed by atoms with van der Waals surface area (Å²) in [5.41, 5.74) is 4.10. The summed E-state index contributed by atoms with van der Waals surface area (Å²) in [4.78, 5) is 12.4. The third kappa shape index (κ3) is 3.84. The minimum Gasteiger partial charge on any atom is -0.351 e. The van der Waals surface area contributed by atoms with Crippen molar-refractivity contribution in [1.82, 2.24) is 5.32 Å². The van der Waals surface area contributed by atoms with Gasteiger partial charge in [-0.05, 0) is 38.3 Å². The molecule has 94 valence electrons. The fourth-order valence-electron chi connectivity index (χ4n) is 1.97. The molecule has 0 fully saturated rings. The van der Waals surface area contributed by atoms with Crippen LogP contribution in [0.2, 0.25) is 0 Å². The first-order valence-corrected chi connectivity index (χ1v) is 6.87. The molecule has 0 bridgehead atoms. The van der Waals surface area contributed by atoms with Gasteiger partial charge < -0.3 is 5.32 Å². The molecular weight excluding hydrogens is 278 g/mol. The highest BCUT2D eigenvalue weighted by Gasteiger charge is 2.13. The van der Waals surface area contributed by atoms with E-state index in [0.29, 0.717) is 11.4 Å². The number of amides is 1. The summed E-state index contributed by atoms with van der Waals surface area (Å²) in [5.74, 6) is 0.0258. The Kier molecular flexibility index (Phi) is 5.19. The standard InChI is InChI=1S/C14H20BrNO/c1-5-12(15)8-16-14(17)13-10(3)6-9(2)7-11(13)4/h6-7,12H,5,8H2,1-4H3,(H,16,17). The van der Waals surface area contributed by atoms with Crippen LogP contribution in [-0.4, -0.2) is 17.3 Å². The number of carbonyl (C=O) groups is 1. The van der Waals surface area contributed by atoms with E-state index in [9.17, 15) is 4.79 Å². The molecule has 3 heteroatoms. The van der Waals surface area contributed by atoms with Crippen LogP contribution in [0.25, 0.3) is 0 Å². The van der Waals surface area contributed by atoms with Gasteiger partial charge in [-0.3, -0.25) is 4.79 Å². The molecule has 1 aromatic carbocycles. The van der Waals surface area contributed by atoms with E-state index < -0.39 is 0 Å². The summed E-state index contributed by atoms with van der Waals surface area (Å²) in [6.45, 7) is 8.78. The van der Waals surface area contributed by atoms with Crippen molar-refractivity contribution >= 4 is 21.8 Å². The van der Waals surface area contributed by atoms with E-state index in [4.69, 9.17) is 0 Å². The Morgan fingerprint density at radius 1 is 1.29 bits per heavy atom. The third-order valence-electron chi connectivity index (χ3n) is 2.83. The number of hydrogen-bond donors (Lipinski definition) is 1. The fourth-order valence-corrected chi connectivity index (χ4v) is 2.14. The number of benzene rings is 1. The molecule has 0 heterocycles. The van der Waals surface area contributed by atoms with Crippen molar-refractivity contribution in [2.75, 3.05) is 6.54 Å². The predicted octanol–water partition coefficient (Wildman–Crippen LogP) is 3.52. The Balaban J connectivity index is 2.82. The van der Waals surface area contributed by atoms with Gasteiger partial charge in [0, 0.05) is 16.9 Å². The summed E-state index contributed by atoms with van der Waals surface area (Å²) < 4.78 is 0. The second-order valence-electron chi connectivity index (χ2n) is 4.49. The highest BCUT2D eigenvalue weighted by molar-refractivity contribution is 9.09. The molecule has 1 N–H and O–H groups in total. The van der Waals surface area contributed by atoms with E-state index in [1.54, 1.807) is 0 Å². The average Bonchev–Trinajstić information content (AvgIpc) is 2.24. The van der Waals surface area contributed by atoms with Crippen molar-refractivity contribution in [3.05, 3.63) is 34.4 Å². The Morgan fingerprint density at radius 2 is 1.82 bits per heavy atom. The maximum atomic E-state index is 12.1. The molecule has 1 unspecified atom stereocenters. The predicted molar refractivity (Wildman–Crippen MR) is 76.0 cm³/mol. The second-order valence-corrected chi connectivity index (χ2v) is 5.78. The van der Waals surface area contributed by atoms with E-state index in [1.807, 2.05) is 32.9 Å². The highest BCUT2D eigenvalue weighted by Crippen LogP contribution is 2.16. The van der Waals surface area contributed by atoms with Gasteiger partial charge in [0.25, 0.3) is 5.91 Å². The largest absolute Gasteiger partial charge is 0.351 e. The lowest BCUT2D eigenvalue weighted by atomic mass is 9.99. The zero-order valence-electron chi connectivity index (χ0n) is 10.9. The molecule has 0 aromatic heterocycles. The van der Waals surface area contributed by atoms with Gasteiger partial charge in [-0.1, -0.05) is 40.5 Å². The lowest BCUT2D eigenvalue weighted by Crippen LogP contribution is -2.30. The minimum atomic E-state index is 0.0258. The summed E-state index contributed by atoms with van der Waals surface area (Å²) in [6, 6.07) is 4.10. The molecule has 0 spiro atoms. The van der Waals surface area contributed by atoms with Crippen LogP contribution in [0.3, 0.4) is 0 Å². The van der Waals surface area contributed by atoms with E-state index in [0.717, 1.165) is 23.1 Å². The molecule has 2 nitrogen and oxygen atoms in total. The highest BCUT2D eigenvalue weighted by atomic mass is 79.9. The molecule has 0 aliphatic carbocycles. The average molecular weight is 298 g/mol. The van der Waals surface area contributed by atoms with Gasteiger partial charge in [-0.2, -0.15) is 0 Å². The van der Waals surface area contributed by atoms with Crippen LogP contribution in [0.1, 0.15) is 40.4 Å². The first-order valence-electron chi connectivity index (χ1n) is 5.95. The molecule has 0 radical (unpaired) electrons. The van der Waals surface area contributed by atoms with Crippen molar-refractivity contribution in [3.8, 4) is 0 Å². The second kappa shape index (κ2) is 6.20. The number of aryl methyl sites for hydroxylation is 3. The minimum absolute atomic E-state index is 0.0258. The smallest absolute Gasteiger partial charge is 0.251 e. The number of alkyl halides is 1. The van der Waals surface area contributed by atoms with Crippen molar-refractivity contribution in [2.45, 2.75) is 38.9 Å². The van der Waals surface area contributed by atoms with Gasteiger partial charge >= 0.3 is 0 Å². The maximum Gasteiger partial charge on any atom is 0.251 e. The number of hydrogen-bond acceptors (Lipinski definition) is 1. The normalized spacial score (nSPS) is 12.3. The molecule has 1 aromatic rings. The molecule has 0 saturated heterocycles. The summed E-state index contributed by atoms with van der Waals surface area (Å²) in [7, 11) is 0. The number of halogens is 1. The molecule has 0 aliphatic rings. The molecule has 0 saturated carbocycles. The summed E-state index contributed by atoms with van der Waals surface area (Å²) in [6.07, 6.45) is 1.01. The van der Waals surface area contributed by atoms with Gasteiger partial charge in [0.15, 0.2) is 0 Å². The van der Waals surface area contributed by atoms with Crippen LogP contribution < -0.4 is 5.32 Å². The molecular formula is C14H20BrNO. The van der Waals surface area contributed by atoms with Crippen LogP contribution in [-0.2, 0) is 0 Å². The monoisotopic (exact) mass is 297 g/mol. The Hall–Kier alpha value is -0.830. The SMILES string of the molecule is CCC(Br)CNC(=O)c1c(C)cc(C)cc1C. The fraction of sp³-hybridized carbons (Fsp3) is 0.500. The van der Waals surface area contributed by atoms with Crippen LogP contribution in [0.5, 0.6) is 0 Å². The van der Waals surface area contributed by atoms with Crippen LogP contribution in [0.4, 0.5) is 0 Å². The van der Waals surface area contributed by atoms with Crippen LogP contribution >= 0.6 is 15.9 Å². The topological polar surface area (TPSA) is 29.1 Å². The lowest BCUT2D eigenvalue weighted by molar-refractivity contribution is 0.0952. The van der Waals surface area contributed by atoms with Gasteiger partial charge in [0.2, 0.25) is 0 Å². The first-order chi connectivity index (χ1) is 7.95. The molecule has 0 aliphatic heterocycles. The zero-order valence-corrected chi connectivity index (χ0v) is 12.5. The molecule has 1 amide bonds. The van der Waals surface area contributed by atoms with Gasteiger partial charge in [0.05, 0.1) is 0 Å². The third-order valence-corrected chi connectivity index (χ3v) is 3.80. The maximum absolute atomic E-state index is 12.1. The van der Waals surface area contributed by atoms with E-state index >= 15 is 0 Å². The van der Waals surface area contributed by atoms with E-state index in [1.165, 1.54) is 5.56 Å². The Bertz CT molecular complexity index is 392.